The molecule has 94 valence electrons. The van der Waals surface area contributed by atoms with Crippen LogP contribution in [0.4, 0.5) is 0 Å². The maximum absolute atomic E-state index is 11.9. The van der Waals surface area contributed by atoms with E-state index in [1.807, 2.05) is 6.07 Å². The van der Waals surface area contributed by atoms with E-state index in [-0.39, 0.29) is 11.9 Å². The molecule has 1 aliphatic heterocycles. The molecular weight excluding hydrogens is 232 g/mol. The van der Waals surface area contributed by atoms with E-state index in [0.29, 0.717) is 12.3 Å². The summed E-state index contributed by atoms with van der Waals surface area (Å²) in [5.74, 6) is 0.740. The lowest BCUT2D eigenvalue weighted by Crippen LogP contribution is -2.44. The van der Waals surface area contributed by atoms with Crippen LogP contribution in [0.2, 0.25) is 0 Å². The first-order valence-electron chi connectivity index (χ1n) is 6.33. The first kappa shape index (κ1) is 12.6. The fraction of sp³-hybridized carbons (Fsp3) is 0.615. The van der Waals surface area contributed by atoms with Crippen molar-refractivity contribution in [2.45, 2.75) is 32.2 Å². The maximum atomic E-state index is 11.9. The minimum atomic E-state index is 0.198. The van der Waals surface area contributed by atoms with Gasteiger partial charge in [0, 0.05) is 11.3 Å². The van der Waals surface area contributed by atoms with Gasteiger partial charge in [0.05, 0.1) is 6.04 Å². The molecule has 4 heteroatoms. The van der Waals surface area contributed by atoms with Crippen molar-refractivity contribution in [3.8, 4) is 0 Å². The van der Waals surface area contributed by atoms with Crippen LogP contribution in [0.5, 0.6) is 0 Å². The number of hydrogen-bond acceptors (Lipinski definition) is 3. The largest absolute Gasteiger partial charge is 0.348 e. The molecule has 0 bridgehead atoms. The highest BCUT2D eigenvalue weighted by atomic mass is 32.1. The van der Waals surface area contributed by atoms with Crippen molar-refractivity contribution in [1.29, 1.82) is 0 Å². The molecule has 1 fully saturated rings. The van der Waals surface area contributed by atoms with Crippen molar-refractivity contribution in [3.05, 3.63) is 22.4 Å². The molecular formula is C13H20N2OS. The summed E-state index contributed by atoms with van der Waals surface area (Å²) in [6.45, 7) is 4.14. The third-order valence-corrected chi connectivity index (χ3v) is 4.13. The van der Waals surface area contributed by atoms with E-state index in [0.717, 1.165) is 25.9 Å². The van der Waals surface area contributed by atoms with Crippen LogP contribution in [0, 0.1) is 5.92 Å². The molecule has 1 atom stereocenters. The number of carbonyl (C=O) groups is 1. The quantitative estimate of drug-likeness (QED) is 0.816. The molecule has 1 amide bonds. The number of nitrogens with one attached hydrogen (secondary N) is 2. The third kappa shape index (κ3) is 3.54. The number of rotatable bonds is 6. The second-order valence-corrected chi connectivity index (χ2v) is 5.63. The average molecular weight is 252 g/mol. The molecule has 2 N–H and O–H groups in total. The zero-order valence-corrected chi connectivity index (χ0v) is 11.1. The number of carbonyl (C=O) groups excluding carboxylic acids is 1. The van der Waals surface area contributed by atoms with Gasteiger partial charge in [-0.05, 0) is 36.9 Å². The third-order valence-electron chi connectivity index (χ3n) is 3.14. The van der Waals surface area contributed by atoms with Crippen LogP contribution in [0.3, 0.4) is 0 Å². The Labute approximate surface area is 107 Å². The maximum Gasteiger partial charge on any atom is 0.220 e. The van der Waals surface area contributed by atoms with E-state index in [4.69, 9.17) is 0 Å². The van der Waals surface area contributed by atoms with Crippen molar-refractivity contribution in [2.75, 3.05) is 13.1 Å². The molecule has 0 radical (unpaired) electrons. The molecule has 0 saturated carbocycles. The molecule has 17 heavy (non-hydrogen) atoms. The monoisotopic (exact) mass is 252 g/mol. The van der Waals surface area contributed by atoms with Crippen molar-refractivity contribution >= 4 is 17.2 Å². The van der Waals surface area contributed by atoms with Crippen LogP contribution in [-0.4, -0.2) is 19.0 Å². The topological polar surface area (TPSA) is 41.1 Å². The molecule has 1 aromatic heterocycles. The molecule has 1 saturated heterocycles. The van der Waals surface area contributed by atoms with Gasteiger partial charge in [-0.3, -0.25) is 4.79 Å². The van der Waals surface area contributed by atoms with Gasteiger partial charge in [-0.2, -0.15) is 0 Å². The lowest BCUT2D eigenvalue weighted by Gasteiger charge is -2.27. The van der Waals surface area contributed by atoms with Crippen LogP contribution in [-0.2, 0) is 4.79 Å². The fourth-order valence-corrected chi connectivity index (χ4v) is 2.88. The van der Waals surface area contributed by atoms with E-state index in [1.165, 1.54) is 4.88 Å². The van der Waals surface area contributed by atoms with Gasteiger partial charge in [0.1, 0.15) is 0 Å². The molecule has 1 unspecified atom stereocenters. The van der Waals surface area contributed by atoms with Crippen molar-refractivity contribution < 1.29 is 4.79 Å². The smallest absolute Gasteiger partial charge is 0.220 e. The van der Waals surface area contributed by atoms with E-state index in [1.54, 1.807) is 11.3 Å². The van der Waals surface area contributed by atoms with E-state index < -0.39 is 0 Å². The van der Waals surface area contributed by atoms with Gasteiger partial charge in [0.25, 0.3) is 0 Å². The minimum absolute atomic E-state index is 0.198. The Kier molecular flexibility index (Phi) is 4.57. The molecule has 3 nitrogen and oxygen atoms in total. The highest BCUT2D eigenvalue weighted by molar-refractivity contribution is 7.10. The molecule has 2 rings (SSSR count). The summed E-state index contributed by atoms with van der Waals surface area (Å²) < 4.78 is 0. The zero-order chi connectivity index (χ0) is 12.1. The second kappa shape index (κ2) is 6.17. The summed E-state index contributed by atoms with van der Waals surface area (Å²) in [7, 11) is 0. The summed E-state index contributed by atoms with van der Waals surface area (Å²) in [5.41, 5.74) is 0. The van der Waals surface area contributed by atoms with E-state index in [9.17, 15) is 4.79 Å². The Bertz CT molecular complexity index is 346. The highest BCUT2D eigenvalue weighted by Gasteiger charge is 2.22. The van der Waals surface area contributed by atoms with Crippen LogP contribution < -0.4 is 10.6 Å². The summed E-state index contributed by atoms with van der Waals surface area (Å²) >= 11 is 1.72. The van der Waals surface area contributed by atoms with Crippen LogP contribution in [0.1, 0.15) is 37.1 Å². The normalized spacial score (nSPS) is 17.5. The van der Waals surface area contributed by atoms with Gasteiger partial charge >= 0.3 is 0 Å². The number of amides is 1. The van der Waals surface area contributed by atoms with Gasteiger partial charge < -0.3 is 10.6 Å². The molecule has 2 heterocycles. The predicted molar refractivity (Wildman–Crippen MR) is 71.1 cm³/mol. The zero-order valence-electron chi connectivity index (χ0n) is 10.2. The standard InChI is InChI=1S/C13H20N2OS/c1-2-4-11(12-5-3-6-17-12)15-13(16)7-10-8-14-9-10/h3,5-6,10-11,14H,2,4,7-9H2,1H3,(H,15,16). The predicted octanol–water partition coefficient (Wildman–Crippen LogP) is 2.32. The Hall–Kier alpha value is -0.870. The van der Waals surface area contributed by atoms with E-state index in [2.05, 4.69) is 29.0 Å². The second-order valence-electron chi connectivity index (χ2n) is 4.65. The van der Waals surface area contributed by atoms with Gasteiger partial charge in [-0.1, -0.05) is 19.4 Å². The summed E-state index contributed by atoms with van der Waals surface area (Å²) in [4.78, 5) is 13.2. The average Bonchev–Trinajstić information content (AvgIpc) is 2.76. The van der Waals surface area contributed by atoms with Gasteiger partial charge in [0.15, 0.2) is 0 Å². The Morgan fingerprint density at radius 1 is 1.65 bits per heavy atom. The summed E-state index contributed by atoms with van der Waals surface area (Å²) in [6, 6.07) is 4.36. The molecule has 1 aromatic rings. The molecule has 1 aliphatic rings. The van der Waals surface area contributed by atoms with E-state index >= 15 is 0 Å². The Balaban J connectivity index is 1.86. The van der Waals surface area contributed by atoms with Gasteiger partial charge in [-0.25, -0.2) is 0 Å². The molecule has 0 aromatic carbocycles. The lowest BCUT2D eigenvalue weighted by molar-refractivity contribution is -0.123. The van der Waals surface area contributed by atoms with Crippen molar-refractivity contribution in [3.63, 3.8) is 0 Å². The number of hydrogen-bond donors (Lipinski definition) is 2. The first-order valence-corrected chi connectivity index (χ1v) is 7.21. The number of thiophene rings is 1. The Morgan fingerprint density at radius 2 is 2.47 bits per heavy atom. The van der Waals surface area contributed by atoms with Crippen LogP contribution in [0.15, 0.2) is 17.5 Å². The SMILES string of the molecule is CCCC(NC(=O)CC1CNC1)c1cccs1. The summed E-state index contributed by atoms with van der Waals surface area (Å²) in [5, 5.41) is 8.43. The minimum Gasteiger partial charge on any atom is -0.348 e. The highest BCUT2D eigenvalue weighted by Crippen LogP contribution is 2.23. The molecule has 0 aliphatic carbocycles. The lowest BCUT2D eigenvalue weighted by atomic mass is 9.98. The first-order chi connectivity index (χ1) is 8.29. The fourth-order valence-electron chi connectivity index (χ4n) is 2.07. The van der Waals surface area contributed by atoms with Crippen molar-refractivity contribution in [2.24, 2.45) is 5.92 Å². The van der Waals surface area contributed by atoms with Crippen molar-refractivity contribution in [1.82, 2.24) is 10.6 Å². The Morgan fingerprint density at radius 3 is 3.00 bits per heavy atom. The molecule has 0 spiro atoms. The van der Waals surface area contributed by atoms with Crippen LogP contribution >= 0.6 is 11.3 Å². The van der Waals surface area contributed by atoms with Gasteiger partial charge in [0.2, 0.25) is 5.91 Å². The summed E-state index contributed by atoms with van der Waals surface area (Å²) in [6.07, 6.45) is 2.78. The van der Waals surface area contributed by atoms with Gasteiger partial charge in [-0.15, -0.1) is 11.3 Å². The van der Waals surface area contributed by atoms with Crippen LogP contribution in [0.25, 0.3) is 0 Å².